The van der Waals surface area contributed by atoms with Gasteiger partial charge >= 0.3 is 18.7 Å². The Morgan fingerprint density at radius 3 is 1.85 bits per heavy atom. The molecule has 1 N–H and O–H groups in total. The van der Waals surface area contributed by atoms with Crippen molar-refractivity contribution in [3.8, 4) is 33.8 Å². The van der Waals surface area contributed by atoms with Gasteiger partial charge in [0.15, 0.2) is 0 Å². The number of pyridine rings is 1. The second-order valence-electron chi connectivity index (χ2n) is 11.3. The molecule has 0 spiro atoms. The smallest absolute Gasteiger partial charge is 0.478 e. The van der Waals surface area contributed by atoms with Crippen LogP contribution in [-0.2, 0) is 19.5 Å². The Kier molecular flexibility index (Phi) is 11.2. The summed E-state index contributed by atoms with van der Waals surface area (Å²) in [6.07, 6.45) is -8.35. The fraction of sp³-hybridized carbons (Fsp3) is 0.314. The fourth-order valence-electron chi connectivity index (χ4n) is 5.43. The van der Waals surface area contributed by atoms with Crippen molar-refractivity contribution in [2.75, 3.05) is 7.05 Å². The van der Waals surface area contributed by atoms with Crippen LogP contribution in [0.3, 0.4) is 0 Å². The highest BCUT2D eigenvalue weighted by Gasteiger charge is 2.34. The molecular weight excluding hydrogens is 642 g/mol. The van der Waals surface area contributed by atoms with E-state index in [4.69, 9.17) is 0 Å². The Morgan fingerprint density at radius 2 is 1.35 bits per heavy atom. The molecule has 4 aromatic rings. The lowest BCUT2D eigenvalue weighted by molar-refractivity contribution is -0.275. The number of halogens is 6. The molecule has 0 fully saturated rings. The molecule has 0 aliphatic rings. The van der Waals surface area contributed by atoms with Crippen molar-refractivity contribution in [2.45, 2.75) is 65.0 Å². The zero-order valence-corrected chi connectivity index (χ0v) is 26.4. The van der Waals surface area contributed by atoms with Gasteiger partial charge in [0, 0.05) is 41.5 Å². The van der Waals surface area contributed by atoms with Gasteiger partial charge in [-0.1, -0.05) is 61.9 Å². The first-order chi connectivity index (χ1) is 22.6. The molecule has 4 rings (SSSR count). The maximum atomic E-state index is 14.4. The molecule has 0 bridgehead atoms. The van der Waals surface area contributed by atoms with E-state index in [0.29, 0.717) is 11.3 Å². The lowest BCUT2D eigenvalue weighted by Gasteiger charge is -2.28. The summed E-state index contributed by atoms with van der Waals surface area (Å²) in [5, 5.41) is 9.28. The number of aromatic nitrogens is 1. The molecule has 13 heteroatoms. The molecule has 0 radical (unpaired) electrons. The summed E-state index contributed by atoms with van der Waals surface area (Å²) in [5.41, 5.74) is -0.0211. The summed E-state index contributed by atoms with van der Waals surface area (Å²) in [5.74, 6) is -2.35. The molecular formula is C35H34F6N2O5. The van der Waals surface area contributed by atoms with Crippen LogP contribution in [-0.4, -0.2) is 46.4 Å². The van der Waals surface area contributed by atoms with Gasteiger partial charge in [-0.05, 0) is 62.7 Å². The predicted molar refractivity (Wildman–Crippen MR) is 168 cm³/mol. The van der Waals surface area contributed by atoms with Crippen molar-refractivity contribution < 1.29 is 45.7 Å². The van der Waals surface area contributed by atoms with Crippen LogP contribution in [0.2, 0.25) is 0 Å². The van der Waals surface area contributed by atoms with Gasteiger partial charge < -0.3 is 19.1 Å². The van der Waals surface area contributed by atoms with Crippen molar-refractivity contribution in [2.24, 2.45) is 0 Å². The number of nitrogens with zero attached hydrogens (tertiary/aromatic N) is 2. The first-order valence-electron chi connectivity index (χ1n) is 15.1. The van der Waals surface area contributed by atoms with Crippen LogP contribution in [0.15, 0.2) is 83.7 Å². The average Bonchev–Trinajstić information content (AvgIpc) is 3.00. The van der Waals surface area contributed by atoms with E-state index in [1.54, 1.807) is 12.1 Å². The van der Waals surface area contributed by atoms with Crippen LogP contribution >= 0.6 is 0 Å². The van der Waals surface area contributed by atoms with E-state index in [2.05, 4.69) is 9.47 Å². The summed E-state index contributed by atoms with van der Waals surface area (Å²) >= 11 is 0. The summed E-state index contributed by atoms with van der Waals surface area (Å²) in [7, 11) is 1.81. The minimum atomic E-state index is -5.09. The zero-order chi connectivity index (χ0) is 35.2. The largest absolute Gasteiger partial charge is 0.573 e. The highest BCUT2D eigenvalue weighted by atomic mass is 19.4. The second kappa shape index (κ2) is 15.0. The molecule has 0 aliphatic carbocycles. The Bertz CT molecular complexity index is 1780. The van der Waals surface area contributed by atoms with E-state index in [0.717, 1.165) is 25.0 Å². The first-order valence-corrected chi connectivity index (χ1v) is 15.1. The zero-order valence-electron chi connectivity index (χ0n) is 26.4. The standard InChI is InChI=1S/C35H34F6N2O5/c1-4-9-22(2)42(3)21-29-27(25-10-5-7-12-30(25)47-34(36,37)38)20-28(26-11-6-8-13-31(26)48-35(39,40)41)32(44)43(29)19-18-23-14-16-24(17-15-23)33(45)46/h5-8,10-17,20,22H,4,9,18-19,21H2,1-3H3,(H,45,46). The van der Waals surface area contributed by atoms with Gasteiger partial charge in [0.2, 0.25) is 0 Å². The molecule has 256 valence electrons. The van der Waals surface area contributed by atoms with Gasteiger partial charge in [0.25, 0.3) is 5.56 Å². The van der Waals surface area contributed by atoms with Crippen LogP contribution in [0.5, 0.6) is 11.5 Å². The molecule has 1 heterocycles. The molecule has 0 aliphatic heterocycles. The number of aryl methyl sites for hydroxylation is 1. The number of aromatic carboxylic acids is 1. The van der Waals surface area contributed by atoms with E-state index in [1.165, 1.54) is 59.2 Å². The molecule has 7 nitrogen and oxygen atoms in total. The lowest BCUT2D eigenvalue weighted by Crippen LogP contribution is -2.34. The molecule has 1 atom stereocenters. The summed E-state index contributed by atoms with van der Waals surface area (Å²) < 4.78 is 91.0. The van der Waals surface area contributed by atoms with Gasteiger partial charge in [-0.2, -0.15) is 0 Å². The number of para-hydroxylation sites is 2. The van der Waals surface area contributed by atoms with Crippen LogP contribution in [0.25, 0.3) is 22.3 Å². The Balaban J connectivity index is 2.02. The third-order valence-corrected chi connectivity index (χ3v) is 7.89. The maximum absolute atomic E-state index is 14.4. The van der Waals surface area contributed by atoms with Crippen LogP contribution < -0.4 is 15.0 Å². The average molecular weight is 677 g/mol. The number of hydrogen-bond donors (Lipinski definition) is 1. The number of carboxylic acids is 1. The van der Waals surface area contributed by atoms with E-state index >= 15 is 0 Å². The van der Waals surface area contributed by atoms with E-state index in [-0.39, 0.29) is 53.4 Å². The number of hydrogen-bond acceptors (Lipinski definition) is 5. The number of rotatable bonds is 13. The van der Waals surface area contributed by atoms with E-state index in [9.17, 15) is 41.0 Å². The highest BCUT2D eigenvalue weighted by molar-refractivity contribution is 5.87. The molecule has 3 aromatic carbocycles. The van der Waals surface area contributed by atoms with Gasteiger partial charge in [-0.3, -0.25) is 9.69 Å². The van der Waals surface area contributed by atoms with Crippen molar-refractivity contribution >= 4 is 5.97 Å². The van der Waals surface area contributed by atoms with Crippen LogP contribution in [0.4, 0.5) is 26.3 Å². The second-order valence-corrected chi connectivity index (χ2v) is 11.3. The Morgan fingerprint density at radius 1 is 0.833 bits per heavy atom. The van der Waals surface area contributed by atoms with Crippen LogP contribution in [0.1, 0.15) is 48.3 Å². The normalized spacial score (nSPS) is 12.6. The first kappa shape index (κ1) is 36.1. The van der Waals surface area contributed by atoms with Gasteiger partial charge in [0.1, 0.15) is 11.5 Å². The summed E-state index contributed by atoms with van der Waals surface area (Å²) in [4.78, 5) is 27.7. The predicted octanol–water partition coefficient (Wildman–Crippen LogP) is 8.54. The quantitative estimate of drug-likeness (QED) is 0.143. The Hall–Kier alpha value is -4.78. The topological polar surface area (TPSA) is 81.0 Å². The van der Waals surface area contributed by atoms with Gasteiger partial charge in [0.05, 0.1) is 11.1 Å². The molecule has 1 aromatic heterocycles. The third kappa shape index (κ3) is 9.18. The van der Waals surface area contributed by atoms with Crippen LogP contribution in [0, 0.1) is 0 Å². The number of alkyl halides is 6. The molecule has 1 unspecified atom stereocenters. The summed E-state index contributed by atoms with van der Waals surface area (Å²) in [6, 6.07) is 17.6. The maximum Gasteiger partial charge on any atom is 0.573 e. The number of benzene rings is 3. The third-order valence-electron chi connectivity index (χ3n) is 7.89. The Labute approximate surface area is 273 Å². The van der Waals surface area contributed by atoms with Crippen molar-refractivity contribution in [3.63, 3.8) is 0 Å². The van der Waals surface area contributed by atoms with E-state index in [1.807, 2.05) is 25.8 Å². The minimum Gasteiger partial charge on any atom is -0.478 e. The number of ether oxygens (including phenoxy) is 2. The molecule has 0 saturated heterocycles. The van der Waals surface area contributed by atoms with Gasteiger partial charge in [-0.25, -0.2) is 4.79 Å². The summed E-state index contributed by atoms with van der Waals surface area (Å²) in [6.45, 7) is 4.02. The molecule has 48 heavy (non-hydrogen) atoms. The van der Waals surface area contributed by atoms with Gasteiger partial charge in [-0.15, -0.1) is 26.3 Å². The number of carboxylic acid groups (broad SMARTS) is 1. The van der Waals surface area contributed by atoms with Crippen molar-refractivity contribution in [1.82, 2.24) is 9.47 Å². The van der Waals surface area contributed by atoms with E-state index < -0.39 is 35.8 Å². The highest BCUT2D eigenvalue weighted by Crippen LogP contribution is 2.39. The van der Waals surface area contributed by atoms with Crippen molar-refractivity contribution in [1.29, 1.82) is 0 Å². The lowest BCUT2D eigenvalue weighted by atomic mass is 9.96. The molecule has 0 amide bonds. The number of carbonyl (C=O) groups is 1. The fourth-order valence-corrected chi connectivity index (χ4v) is 5.43. The SMILES string of the molecule is CCCC(C)N(C)Cc1c(-c2ccccc2OC(F)(F)F)cc(-c2ccccc2OC(F)(F)F)c(=O)n1CCc1ccc(C(=O)O)cc1. The molecule has 0 saturated carbocycles. The monoisotopic (exact) mass is 676 g/mol. The minimum absolute atomic E-state index is 0.00257. The van der Waals surface area contributed by atoms with Crippen molar-refractivity contribution in [3.05, 3.63) is 106 Å².